The molecule has 0 bridgehead atoms. The molecule has 0 aliphatic heterocycles. The smallest absolute Gasteiger partial charge is 0.270 e. The number of amides is 1. The third-order valence-electron chi connectivity index (χ3n) is 2.91. The van der Waals surface area contributed by atoms with Crippen LogP contribution < -0.4 is 10.6 Å². The van der Waals surface area contributed by atoms with Crippen LogP contribution >= 0.6 is 47.0 Å². The Hall–Kier alpha value is -2.13. The molecule has 7 nitrogen and oxygen atoms in total. The number of hydrogen-bond donors (Lipinski definition) is 3. The summed E-state index contributed by atoms with van der Waals surface area (Å²) < 4.78 is 0. The fraction of sp³-hybridized carbons (Fsp3) is 0. The number of halogens is 3. The number of aromatic hydroxyl groups is 1. The number of benzene rings is 2. The second-order valence-corrected chi connectivity index (χ2v) is 6.25. The number of rotatable bonds is 3. The zero-order chi connectivity index (χ0) is 18.7. The molecule has 0 radical (unpaired) electrons. The topological polar surface area (TPSA) is 104 Å². The lowest BCUT2D eigenvalue weighted by molar-refractivity contribution is -0.384. The maximum absolute atomic E-state index is 12.2. The Kier molecular flexibility index (Phi) is 6.02. The summed E-state index contributed by atoms with van der Waals surface area (Å²) in [7, 11) is 0. The van der Waals surface area contributed by atoms with Gasteiger partial charge in [-0.3, -0.25) is 20.2 Å². The first-order valence-corrected chi connectivity index (χ1v) is 7.97. The van der Waals surface area contributed by atoms with Crippen molar-refractivity contribution in [3.63, 3.8) is 0 Å². The van der Waals surface area contributed by atoms with E-state index in [1.165, 1.54) is 18.2 Å². The Morgan fingerprint density at radius 2 is 1.72 bits per heavy atom. The summed E-state index contributed by atoms with van der Waals surface area (Å²) >= 11 is 22.5. The largest absolute Gasteiger partial charge is 0.505 e. The van der Waals surface area contributed by atoms with Gasteiger partial charge in [-0.2, -0.15) is 0 Å². The predicted molar refractivity (Wildman–Crippen MR) is 99.9 cm³/mol. The number of carbonyl (C=O) groups is 1. The lowest BCUT2D eigenvalue weighted by Crippen LogP contribution is -2.34. The van der Waals surface area contributed by atoms with Crippen molar-refractivity contribution in [2.24, 2.45) is 0 Å². The number of non-ortho nitro benzene ring substituents is 1. The third-order valence-corrected chi connectivity index (χ3v) is 4.00. The van der Waals surface area contributed by atoms with Crippen molar-refractivity contribution < 1.29 is 14.8 Å². The summed E-state index contributed by atoms with van der Waals surface area (Å²) in [5, 5.41) is 25.0. The van der Waals surface area contributed by atoms with Gasteiger partial charge in [0.15, 0.2) is 10.9 Å². The molecule has 2 aromatic rings. The van der Waals surface area contributed by atoms with Gasteiger partial charge in [-0.05, 0) is 30.4 Å². The SMILES string of the molecule is O=C(NC(=S)Nc1cc(Cl)c(O)c(Cl)c1)c1ccc([N+](=O)[O-])cc1Cl. The lowest BCUT2D eigenvalue weighted by Gasteiger charge is -2.11. The molecule has 0 saturated heterocycles. The standard InChI is InChI=1S/C14H8Cl3N3O4S/c15-9-5-7(20(23)24)1-2-8(9)13(22)19-14(25)18-6-3-10(16)12(21)11(17)4-6/h1-5,21H,(H2,18,19,22,25). The van der Waals surface area contributed by atoms with E-state index in [9.17, 15) is 20.0 Å². The molecule has 0 aliphatic rings. The van der Waals surface area contributed by atoms with Crippen LogP contribution in [0.1, 0.15) is 10.4 Å². The van der Waals surface area contributed by atoms with E-state index in [0.717, 1.165) is 12.1 Å². The van der Waals surface area contributed by atoms with Gasteiger partial charge in [0, 0.05) is 17.8 Å². The van der Waals surface area contributed by atoms with Crippen LogP contribution in [0.4, 0.5) is 11.4 Å². The number of phenols is 1. The molecule has 0 heterocycles. The van der Waals surface area contributed by atoms with Crippen LogP contribution in [0.25, 0.3) is 0 Å². The average Bonchev–Trinajstić information content (AvgIpc) is 2.51. The molecule has 1 amide bonds. The van der Waals surface area contributed by atoms with Crippen LogP contribution in [-0.4, -0.2) is 21.0 Å². The van der Waals surface area contributed by atoms with Gasteiger partial charge in [-0.15, -0.1) is 0 Å². The molecule has 2 rings (SSSR count). The van der Waals surface area contributed by atoms with Crippen LogP contribution in [0.3, 0.4) is 0 Å². The van der Waals surface area contributed by atoms with E-state index < -0.39 is 10.8 Å². The number of nitrogens with zero attached hydrogens (tertiary/aromatic N) is 1. The van der Waals surface area contributed by atoms with E-state index in [0.29, 0.717) is 5.69 Å². The molecule has 0 unspecified atom stereocenters. The van der Waals surface area contributed by atoms with Gasteiger partial charge in [-0.1, -0.05) is 34.8 Å². The first kappa shape index (κ1) is 19.2. The van der Waals surface area contributed by atoms with Crippen molar-refractivity contribution in [3.05, 3.63) is 61.1 Å². The Labute approximate surface area is 161 Å². The summed E-state index contributed by atoms with van der Waals surface area (Å²) in [6.45, 7) is 0. The highest BCUT2D eigenvalue weighted by atomic mass is 35.5. The first-order chi connectivity index (χ1) is 11.7. The van der Waals surface area contributed by atoms with E-state index in [1.807, 2.05) is 0 Å². The number of hydrogen-bond acceptors (Lipinski definition) is 5. The van der Waals surface area contributed by atoms with Gasteiger partial charge in [0.1, 0.15) is 0 Å². The fourth-order valence-corrected chi connectivity index (χ4v) is 2.73. The molecule has 2 aromatic carbocycles. The van der Waals surface area contributed by atoms with Crippen LogP contribution in [0.5, 0.6) is 5.75 Å². The number of phenolic OH excluding ortho intramolecular Hbond substituents is 1. The zero-order valence-corrected chi connectivity index (χ0v) is 15.1. The molecule has 130 valence electrons. The second kappa shape index (κ2) is 7.83. The maximum atomic E-state index is 12.2. The maximum Gasteiger partial charge on any atom is 0.270 e. The van der Waals surface area contributed by atoms with Crippen LogP contribution in [-0.2, 0) is 0 Å². The average molecular weight is 421 g/mol. The summed E-state index contributed by atoms with van der Waals surface area (Å²) in [5.74, 6) is -0.935. The van der Waals surface area contributed by atoms with Gasteiger partial charge in [0.05, 0.1) is 25.6 Å². The van der Waals surface area contributed by atoms with Crippen LogP contribution in [0, 0.1) is 10.1 Å². The molecule has 0 aliphatic carbocycles. The van der Waals surface area contributed by atoms with E-state index in [1.54, 1.807) is 0 Å². The van der Waals surface area contributed by atoms with Crippen molar-refractivity contribution in [1.82, 2.24) is 5.32 Å². The number of nitrogens with one attached hydrogen (secondary N) is 2. The summed E-state index contributed by atoms with van der Waals surface area (Å²) in [6.07, 6.45) is 0. The van der Waals surface area contributed by atoms with Crippen molar-refractivity contribution in [2.75, 3.05) is 5.32 Å². The Balaban J connectivity index is 2.10. The predicted octanol–water partition coefficient (Wildman–Crippen LogP) is 4.39. The van der Waals surface area contributed by atoms with Gasteiger partial charge in [-0.25, -0.2) is 0 Å². The normalized spacial score (nSPS) is 10.2. The lowest BCUT2D eigenvalue weighted by atomic mass is 10.2. The number of nitro groups is 1. The highest BCUT2D eigenvalue weighted by Crippen LogP contribution is 2.34. The minimum absolute atomic E-state index is 0.00235. The number of nitro benzene ring substituents is 1. The molecule has 0 atom stereocenters. The van der Waals surface area contributed by atoms with Crippen molar-refractivity contribution in [1.29, 1.82) is 0 Å². The molecule has 11 heteroatoms. The van der Waals surface area contributed by atoms with Gasteiger partial charge in [0.2, 0.25) is 0 Å². The highest BCUT2D eigenvalue weighted by Gasteiger charge is 2.16. The minimum Gasteiger partial charge on any atom is -0.505 e. The quantitative estimate of drug-likeness (QED) is 0.294. The van der Waals surface area contributed by atoms with Crippen molar-refractivity contribution in [3.8, 4) is 5.75 Å². The summed E-state index contributed by atoms with van der Waals surface area (Å²) in [4.78, 5) is 22.2. The van der Waals surface area contributed by atoms with E-state index in [-0.39, 0.29) is 37.2 Å². The van der Waals surface area contributed by atoms with E-state index >= 15 is 0 Å². The third kappa shape index (κ3) is 4.70. The monoisotopic (exact) mass is 419 g/mol. The van der Waals surface area contributed by atoms with Crippen molar-refractivity contribution in [2.45, 2.75) is 0 Å². The Morgan fingerprint density at radius 1 is 1.12 bits per heavy atom. The second-order valence-electron chi connectivity index (χ2n) is 4.62. The van der Waals surface area contributed by atoms with Gasteiger partial charge < -0.3 is 10.4 Å². The van der Waals surface area contributed by atoms with Gasteiger partial charge >= 0.3 is 0 Å². The first-order valence-electron chi connectivity index (χ1n) is 6.43. The molecule has 0 aromatic heterocycles. The highest BCUT2D eigenvalue weighted by molar-refractivity contribution is 7.80. The number of anilines is 1. The molecule has 0 spiro atoms. The van der Waals surface area contributed by atoms with Crippen LogP contribution in [0.15, 0.2) is 30.3 Å². The van der Waals surface area contributed by atoms with Crippen molar-refractivity contribution >= 4 is 69.4 Å². The van der Waals surface area contributed by atoms with Gasteiger partial charge in [0.25, 0.3) is 11.6 Å². The summed E-state index contributed by atoms with van der Waals surface area (Å²) in [6, 6.07) is 6.15. The van der Waals surface area contributed by atoms with E-state index in [2.05, 4.69) is 10.6 Å². The molecule has 3 N–H and O–H groups in total. The molecular weight excluding hydrogens is 413 g/mol. The number of carbonyl (C=O) groups excluding carboxylic acids is 1. The van der Waals surface area contributed by atoms with Crippen LogP contribution in [0.2, 0.25) is 15.1 Å². The molecule has 0 fully saturated rings. The summed E-state index contributed by atoms with van der Waals surface area (Å²) in [5.41, 5.74) is 0.113. The van der Waals surface area contributed by atoms with E-state index in [4.69, 9.17) is 47.0 Å². The molecular formula is C14H8Cl3N3O4S. The molecule has 25 heavy (non-hydrogen) atoms. The zero-order valence-electron chi connectivity index (χ0n) is 12.0. The fourth-order valence-electron chi connectivity index (χ4n) is 1.77. The minimum atomic E-state index is -0.659. The molecule has 0 saturated carbocycles. The Morgan fingerprint density at radius 3 is 2.24 bits per heavy atom. The Bertz CT molecular complexity index is 869. The number of thiocarbonyl (C=S) groups is 1.